The van der Waals surface area contributed by atoms with Crippen LogP contribution in [0, 0.1) is 5.92 Å². The summed E-state index contributed by atoms with van der Waals surface area (Å²) in [5, 5.41) is 5.60. The summed E-state index contributed by atoms with van der Waals surface area (Å²) in [5.41, 5.74) is 7.04. The minimum Gasteiger partial charge on any atom is -0.497 e. The van der Waals surface area contributed by atoms with Crippen molar-refractivity contribution in [3.05, 3.63) is 41.1 Å². The number of hydrogen-bond acceptors (Lipinski definition) is 6. The summed E-state index contributed by atoms with van der Waals surface area (Å²) in [6, 6.07) is 6.16. The zero-order chi connectivity index (χ0) is 21.7. The van der Waals surface area contributed by atoms with Gasteiger partial charge in [-0.15, -0.1) is 0 Å². The Bertz CT molecular complexity index is 828. The molecule has 1 saturated heterocycles. The third-order valence-corrected chi connectivity index (χ3v) is 5.47. The molecular formula is C21H28N4O5. The molecule has 3 rings (SSSR count). The van der Waals surface area contributed by atoms with E-state index in [2.05, 4.69) is 15.5 Å². The molecule has 4 N–H and O–H groups in total. The molecule has 1 aromatic carbocycles. The molecule has 162 valence electrons. The first kappa shape index (κ1) is 21.6. The number of nitrogens with two attached hydrogens (primary N) is 1. The average Bonchev–Trinajstić information content (AvgIpc) is 2.74. The van der Waals surface area contributed by atoms with Crippen molar-refractivity contribution in [2.75, 3.05) is 33.4 Å². The van der Waals surface area contributed by atoms with Crippen molar-refractivity contribution in [1.82, 2.24) is 15.5 Å². The van der Waals surface area contributed by atoms with Crippen LogP contribution in [0.15, 0.2) is 35.5 Å². The lowest BCUT2D eigenvalue weighted by molar-refractivity contribution is -0.139. The Hall–Kier alpha value is -3.07. The van der Waals surface area contributed by atoms with Crippen molar-refractivity contribution < 1.29 is 23.9 Å². The highest BCUT2D eigenvalue weighted by Crippen LogP contribution is 2.30. The summed E-state index contributed by atoms with van der Waals surface area (Å²) < 4.78 is 10.5. The lowest BCUT2D eigenvalue weighted by atomic mass is 9.93. The Labute approximate surface area is 175 Å². The van der Waals surface area contributed by atoms with E-state index in [0.717, 1.165) is 5.56 Å². The Morgan fingerprint density at radius 3 is 2.43 bits per heavy atom. The first-order chi connectivity index (χ1) is 14.4. The van der Waals surface area contributed by atoms with Gasteiger partial charge in [0.05, 0.1) is 25.3 Å². The largest absolute Gasteiger partial charge is 0.497 e. The Balaban J connectivity index is 1.89. The van der Waals surface area contributed by atoms with Gasteiger partial charge in [0.25, 0.3) is 0 Å². The maximum absolute atomic E-state index is 12.8. The van der Waals surface area contributed by atoms with Crippen molar-refractivity contribution in [2.45, 2.75) is 25.8 Å². The third kappa shape index (κ3) is 4.91. The molecule has 0 spiro atoms. The maximum atomic E-state index is 12.8. The van der Waals surface area contributed by atoms with Crippen LogP contribution in [-0.4, -0.2) is 56.2 Å². The van der Waals surface area contributed by atoms with Gasteiger partial charge in [-0.05, 0) is 50.6 Å². The van der Waals surface area contributed by atoms with E-state index in [0.29, 0.717) is 49.5 Å². The number of hydrogen-bond donors (Lipinski definition) is 3. The van der Waals surface area contributed by atoms with E-state index in [1.54, 1.807) is 26.2 Å². The number of likely N-dealkylation sites (tertiary alicyclic amines) is 1. The van der Waals surface area contributed by atoms with Crippen LogP contribution in [0.4, 0.5) is 4.79 Å². The number of methoxy groups -OCH3 is 1. The number of ether oxygens (including phenoxy) is 2. The van der Waals surface area contributed by atoms with Crippen LogP contribution in [0.25, 0.3) is 0 Å². The van der Waals surface area contributed by atoms with Gasteiger partial charge in [0, 0.05) is 18.2 Å². The van der Waals surface area contributed by atoms with Crippen molar-refractivity contribution >= 4 is 17.9 Å². The van der Waals surface area contributed by atoms with Crippen molar-refractivity contribution in [3.8, 4) is 5.75 Å². The van der Waals surface area contributed by atoms with Gasteiger partial charge in [0.1, 0.15) is 5.75 Å². The fourth-order valence-corrected chi connectivity index (χ4v) is 3.84. The van der Waals surface area contributed by atoms with E-state index in [-0.39, 0.29) is 24.5 Å². The smallest absolute Gasteiger partial charge is 0.338 e. The second kappa shape index (κ2) is 9.62. The molecule has 1 fully saturated rings. The number of carbonyl (C=O) groups is 3. The fraction of sp³-hybridized carbons (Fsp3) is 0.476. The number of benzene rings is 1. The fourth-order valence-electron chi connectivity index (χ4n) is 3.84. The van der Waals surface area contributed by atoms with Gasteiger partial charge in [0.15, 0.2) is 0 Å². The number of nitrogens with one attached hydrogen (secondary N) is 2. The molecule has 9 heteroatoms. The summed E-state index contributed by atoms with van der Waals surface area (Å²) in [6.45, 7) is 3.65. The monoisotopic (exact) mass is 416 g/mol. The molecule has 0 radical (unpaired) electrons. The molecule has 2 aliphatic rings. The normalized spacial score (nSPS) is 20.3. The zero-order valence-electron chi connectivity index (χ0n) is 17.3. The first-order valence-corrected chi connectivity index (χ1v) is 10.1. The second-order valence-electron chi connectivity index (χ2n) is 7.37. The van der Waals surface area contributed by atoms with Crippen LogP contribution in [0.2, 0.25) is 0 Å². The van der Waals surface area contributed by atoms with E-state index in [1.807, 2.05) is 12.1 Å². The van der Waals surface area contributed by atoms with Gasteiger partial charge in [-0.3, -0.25) is 9.69 Å². The summed E-state index contributed by atoms with van der Waals surface area (Å²) >= 11 is 0. The van der Waals surface area contributed by atoms with Crippen LogP contribution in [0.3, 0.4) is 0 Å². The molecule has 3 amide bonds. The molecule has 0 bridgehead atoms. The van der Waals surface area contributed by atoms with Crippen molar-refractivity contribution in [1.29, 1.82) is 0 Å². The molecule has 30 heavy (non-hydrogen) atoms. The number of esters is 1. The highest BCUT2D eigenvalue weighted by Gasteiger charge is 2.35. The molecule has 1 atom stereocenters. The third-order valence-electron chi connectivity index (χ3n) is 5.47. The standard InChI is InChI=1S/C21H28N4O5/c1-3-30-20(27)17-16(12-25-10-8-14(9-11-25)19(22)26)23-21(28)24-18(17)13-4-6-15(29-2)7-5-13/h4-7,14,18H,3,8-12H2,1-2H3,(H2,22,26)(H2,23,24,28). The number of piperidine rings is 1. The molecule has 0 saturated carbocycles. The number of amides is 3. The average molecular weight is 416 g/mol. The van der Waals surface area contributed by atoms with Gasteiger partial charge in [0.2, 0.25) is 5.91 Å². The molecule has 1 unspecified atom stereocenters. The molecule has 9 nitrogen and oxygen atoms in total. The number of nitrogens with zero attached hydrogens (tertiary/aromatic N) is 1. The lowest BCUT2D eigenvalue weighted by Crippen LogP contribution is -2.49. The topological polar surface area (TPSA) is 123 Å². The van der Waals surface area contributed by atoms with Gasteiger partial charge < -0.3 is 25.8 Å². The molecule has 2 aliphatic heterocycles. The SMILES string of the molecule is CCOC(=O)C1=C(CN2CCC(C(N)=O)CC2)NC(=O)NC1c1ccc(OC)cc1. The highest BCUT2D eigenvalue weighted by atomic mass is 16.5. The number of carbonyl (C=O) groups excluding carboxylic acids is 3. The number of primary amides is 1. The minimum atomic E-state index is -0.637. The molecule has 1 aromatic rings. The molecule has 0 aromatic heterocycles. The maximum Gasteiger partial charge on any atom is 0.338 e. The number of urea groups is 1. The Morgan fingerprint density at radius 2 is 1.87 bits per heavy atom. The van der Waals surface area contributed by atoms with Gasteiger partial charge in [-0.25, -0.2) is 9.59 Å². The van der Waals surface area contributed by atoms with E-state index < -0.39 is 12.0 Å². The summed E-state index contributed by atoms with van der Waals surface area (Å²) in [4.78, 5) is 38.7. The van der Waals surface area contributed by atoms with Crippen LogP contribution in [0.1, 0.15) is 31.4 Å². The molecular weight excluding hydrogens is 388 g/mol. The van der Waals surface area contributed by atoms with E-state index in [4.69, 9.17) is 15.2 Å². The lowest BCUT2D eigenvalue weighted by Gasteiger charge is -2.34. The van der Waals surface area contributed by atoms with Crippen LogP contribution >= 0.6 is 0 Å². The predicted molar refractivity (Wildman–Crippen MR) is 109 cm³/mol. The van der Waals surface area contributed by atoms with E-state index in [9.17, 15) is 14.4 Å². The Kier molecular flexibility index (Phi) is 6.94. The summed E-state index contributed by atoms with van der Waals surface area (Å²) in [6.07, 6.45) is 1.32. The van der Waals surface area contributed by atoms with Crippen LogP contribution < -0.4 is 21.1 Å². The summed E-state index contributed by atoms with van der Waals surface area (Å²) in [7, 11) is 1.57. The van der Waals surface area contributed by atoms with Gasteiger partial charge >= 0.3 is 12.0 Å². The quantitative estimate of drug-likeness (QED) is 0.571. The van der Waals surface area contributed by atoms with Crippen LogP contribution in [0.5, 0.6) is 5.75 Å². The highest BCUT2D eigenvalue weighted by molar-refractivity contribution is 5.95. The number of rotatable bonds is 7. The predicted octanol–water partition coefficient (Wildman–Crippen LogP) is 1.06. The second-order valence-corrected chi connectivity index (χ2v) is 7.37. The van der Waals surface area contributed by atoms with Crippen molar-refractivity contribution in [3.63, 3.8) is 0 Å². The van der Waals surface area contributed by atoms with Gasteiger partial charge in [-0.2, -0.15) is 0 Å². The molecule has 2 heterocycles. The van der Waals surface area contributed by atoms with Gasteiger partial charge in [-0.1, -0.05) is 12.1 Å². The Morgan fingerprint density at radius 1 is 1.20 bits per heavy atom. The molecule has 0 aliphatic carbocycles. The minimum absolute atomic E-state index is 0.130. The summed E-state index contributed by atoms with van der Waals surface area (Å²) in [5.74, 6) is -0.212. The van der Waals surface area contributed by atoms with E-state index >= 15 is 0 Å². The van der Waals surface area contributed by atoms with Crippen LogP contribution in [-0.2, 0) is 14.3 Å². The zero-order valence-corrected chi connectivity index (χ0v) is 17.3. The first-order valence-electron chi connectivity index (χ1n) is 10.1. The van der Waals surface area contributed by atoms with E-state index in [1.165, 1.54) is 0 Å². The van der Waals surface area contributed by atoms with Crippen molar-refractivity contribution in [2.24, 2.45) is 11.7 Å².